The van der Waals surface area contributed by atoms with E-state index in [0.717, 1.165) is 37.8 Å². The normalized spacial score (nSPS) is 26.8. The Morgan fingerprint density at radius 2 is 1.90 bits per heavy atom. The van der Waals surface area contributed by atoms with Gasteiger partial charge in [0.05, 0.1) is 13.2 Å². The van der Waals surface area contributed by atoms with E-state index < -0.39 is 0 Å². The Hall–Kier alpha value is -1.06. The van der Waals surface area contributed by atoms with Crippen LogP contribution in [0.3, 0.4) is 0 Å². The molecule has 116 valence electrons. The monoisotopic (exact) mass is 289 g/mol. The summed E-state index contributed by atoms with van der Waals surface area (Å²) < 4.78 is 11.5. The number of methoxy groups -OCH3 is 1. The largest absolute Gasteiger partial charge is 0.497 e. The van der Waals surface area contributed by atoms with Gasteiger partial charge in [-0.05, 0) is 56.3 Å². The van der Waals surface area contributed by atoms with E-state index in [4.69, 9.17) is 9.47 Å². The van der Waals surface area contributed by atoms with Crippen LogP contribution in [0.5, 0.6) is 5.75 Å². The smallest absolute Gasteiger partial charge is 0.118 e. The third-order valence-corrected chi connectivity index (χ3v) is 4.77. The lowest BCUT2D eigenvalue weighted by Crippen LogP contribution is -2.43. The molecular weight excluding hydrogens is 262 g/mol. The molecule has 2 aliphatic rings. The minimum absolute atomic E-state index is 0.434. The first-order valence-corrected chi connectivity index (χ1v) is 8.17. The van der Waals surface area contributed by atoms with Crippen LogP contribution >= 0.6 is 0 Å². The van der Waals surface area contributed by atoms with Crippen LogP contribution in [0.15, 0.2) is 24.3 Å². The highest BCUT2D eigenvalue weighted by atomic mass is 16.5. The molecule has 0 spiro atoms. The zero-order valence-corrected chi connectivity index (χ0v) is 13.3. The molecule has 1 heterocycles. The van der Waals surface area contributed by atoms with Gasteiger partial charge in [-0.25, -0.2) is 0 Å². The van der Waals surface area contributed by atoms with Crippen molar-refractivity contribution in [1.82, 2.24) is 4.90 Å². The van der Waals surface area contributed by atoms with Gasteiger partial charge < -0.3 is 14.4 Å². The lowest BCUT2D eigenvalue weighted by atomic mass is 9.88. The summed E-state index contributed by atoms with van der Waals surface area (Å²) in [5.41, 5.74) is 1.39. The highest BCUT2D eigenvalue weighted by Gasteiger charge is 2.30. The van der Waals surface area contributed by atoms with Crippen molar-refractivity contribution in [2.24, 2.45) is 11.8 Å². The topological polar surface area (TPSA) is 21.7 Å². The number of nitrogens with zero attached hydrogens (tertiary/aromatic N) is 1. The molecule has 1 saturated carbocycles. The molecule has 21 heavy (non-hydrogen) atoms. The number of likely N-dealkylation sites (tertiary alicyclic amines) is 1. The summed E-state index contributed by atoms with van der Waals surface area (Å²) >= 11 is 0. The van der Waals surface area contributed by atoms with E-state index in [0.29, 0.717) is 12.0 Å². The summed E-state index contributed by atoms with van der Waals surface area (Å²) in [6.07, 6.45) is 5.45. The number of hydrogen-bond donors (Lipinski definition) is 0. The van der Waals surface area contributed by atoms with Crippen LogP contribution in [-0.4, -0.2) is 44.9 Å². The number of piperidine rings is 1. The molecule has 0 bridgehead atoms. The van der Waals surface area contributed by atoms with Gasteiger partial charge in [0.25, 0.3) is 0 Å². The third-order valence-electron chi connectivity index (χ3n) is 4.77. The molecule has 1 aliphatic heterocycles. The Morgan fingerprint density at radius 3 is 2.57 bits per heavy atom. The number of rotatable bonds is 6. The predicted octanol–water partition coefficient (Wildman–Crippen LogP) is 2.98. The standard InChI is InChI=1S/C18H27NO2/c1-19-10-9-18(21-13-15-3-4-15)16(12-19)11-14-5-7-17(20-2)8-6-14/h5-8,15-16,18H,3-4,9-13H2,1-2H3/t16-,18-/m1/s1. The van der Waals surface area contributed by atoms with E-state index >= 15 is 0 Å². The van der Waals surface area contributed by atoms with Gasteiger partial charge in [0.2, 0.25) is 0 Å². The van der Waals surface area contributed by atoms with Gasteiger partial charge in [-0.1, -0.05) is 12.1 Å². The average molecular weight is 289 g/mol. The Balaban J connectivity index is 1.60. The number of ether oxygens (including phenoxy) is 2. The van der Waals surface area contributed by atoms with Crippen molar-refractivity contribution < 1.29 is 9.47 Å². The first-order valence-electron chi connectivity index (χ1n) is 8.17. The first kappa shape index (κ1) is 14.9. The maximum Gasteiger partial charge on any atom is 0.118 e. The van der Waals surface area contributed by atoms with Crippen LogP contribution < -0.4 is 4.74 Å². The molecule has 1 aromatic carbocycles. The zero-order valence-electron chi connectivity index (χ0n) is 13.3. The van der Waals surface area contributed by atoms with Crippen LogP contribution in [-0.2, 0) is 11.2 Å². The van der Waals surface area contributed by atoms with Gasteiger partial charge in [-0.15, -0.1) is 0 Å². The fourth-order valence-corrected chi connectivity index (χ4v) is 3.22. The Bertz CT molecular complexity index is 441. The molecule has 2 atom stereocenters. The van der Waals surface area contributed by atoms with E-state index in [1.54, 1.807) is 7.11 Å². The molecule has 0 unspecified atom stereocenters. The van der Waals surface area contributed by atoms with E-state index in [2.05, 4.69) is 36.2 Å². The molecule has 1 saturated heterocycles. The molecule has 3 rings (SSSR count). The van der Waals surface area contributed by atoms with Gasteiger partial charge >= 0.3 is 0 Å². The van der Waals surface area contributed by atoms with Crippen molar-refractivity contribution in [2.45, 2.75) is 31.8 Å². The van der Waals surface area contributed by atoms with E-state index in [1.165, 1.54) is 24.8 Å². The quantitative estimate of drug-likeness (QED) is 0.803. The Morgan fingerprint density at radius 1 is 1.14 bits per heavy atom. The lowest BCUT2D eigenvalue weighted by molar-refractivity contribution is -0.0324. The van der Waals surface area contributed by atoms with Crippen LogP contribution in [0.1, 0.15) is 24.8 Å². The van der Waals surface area contributed by atoms with Crippen molar-refractivity contribution in [3.63, 3.8) is 0 Å². The van der Waals surface area contributed by atoms with E-state index in [-0.39, 0.29) is 0 Å². The summed E-state index contributed by atoms with van der Waals surface area (Å²) in [4.78, 5) is 2.44. The van der Waals surface area contributed by atoms with Crippen LogP contribution in [0.2, 0.25) is 0 Å². The molecular formula is C18H27NO2. The predicted molar refractivity (Wildman–Crippen MR) is 84.8 cm³/mol. The average Bonchev–Trinajstić information content (AvgIpc) is 3.31. The summed E-state index contributed by atoms with van der Waals surface area (Å²) in [7, 11) is 3.94. The highest BCUT2D eigenvalue weighted by molar-refractivity contribution is 5.27. The lowest BCUT2D eigenvalue weighted by Gasteiger charge is -2.37. The second-order valence-electron chi connectivity index (χ2n) is 6.68. The van der Waals surface area contributed by atoms with Crippen molar-refractivity contribution in [2.75, 3.05) is 33.9 Å². The minimum atomic E-state index is 0.434. The fourth-order valence-electron chi connectivity index (χ4n) is 3.22. The first-order chi connectivity index (χ1) is 10.2. The summed E-state index contributed by atoms with van der Waals surface area (Å²) in [5, 5.41) is 0. The van der Waals surface area contributed by atoms with E-state index in [1.807, 2.05) is 0 Å². The van der Waals surface area contributed by atoms with Crippen LogP contribution in [0.25, 0.3) is 0 Å². The van der Waals surface area contributed by atoms with Crippen molar-refractivity contribution in [3.05, 3.63) is 29.8 Å². The van der Waals surface area contributed by atoms with Gasteiger partial charge in [0.15, 0.2) is 0 Å². The molecule has 0 aromatic heterocycles. The molecule has 0 radical (unpaired) electrons. The van der Waals surface area contributed by atoms with Gasteiger partial charge in [0, 0.05) is 25.6 Å². The molecule has 2 fully saturated rings. The fraction of sp³-hybridized carbons (Fsp3) is 0.667. The van der Waals surface area contributed by atoms with Gasteiger partial charge in [0.1, 0.15) is 5.75 Å². The van der Waals surface area contributed by atoms with Crippen LogP contribution in [0.4, 0.5) is 0 Å². The second-order valence-corrected chi connectivity index (χ2v) is 6.68. The molecule has 3 nitrogen and oxygen atoms in total. The van der Waals surface area contributed by atoms with Gasteiger partial charge in [-0.2, -0.15) is 0 Å². The Kier molecular flexibility index (Phi) is 4.81. The molecule has 1 aliphatic carbocycles. The highest BCUT2D eigenvalue weighted by Crippen LogP contribution is 2.31. The maximum absolute atomic E-state index is 6.23. The van der Waals surface area contributed by atoms with Crippen molar-refractivity contribution in [3.8, 4) is 5.75 Å². The molecule has 1 aromatic rings. The second kappa shape index (κ2) is 6.80. The number of benzene rings is 1. The summed E-state index contributed by atoms with van der Waals surface area (Å²) in [6.45, 7) is 3.28. The van der Waals surface area contributed by atoms with Crippen molar-refractivity contribution >= 4 is 0 Å². The zero-order chi connectivity index (χ0) is 14.7. The molecule has 0 amide bonds. The maximum atomic E-state index is 6.23. The Labute approximate surface area is 128 Å². The van der Waals surface area contributed by atoms with Crippen molar-refractivity contribution in [1.29, 1.82) is 0 Å². The molecule has 0 N–H and O–H groups in total. The summed E-state index contributed by atoms with van der Waals surface area (Å²) in [6, 6.07) is 8.49. The summed E-state index contributed by atoms with van der Waals surface area (Å²) in [5.74, 6) is 2.39. The van der Waals surface area contributed by atoms with Crippen LogP contribution in [0, 0.1) is 11.8 Å². The minimum Gasteiger partial charge on any atom is -0.497 e. The van der Waals surface area contributed by atoms with E-state index in [9.17, 15) is 0 Å². The number of hydrogen-bond acceptors (Lipinski definition) is 3. The molecule has 3 heteroatoms. The SMILES string of the molecule is COc1ccc(C[C@@H]2CN(C)CC[C@H]2OCC2CC2)cc1. The van der Waals surface area contributed by atoms with Gasteiger partial charge in [-0.3, -0.25) is 0 Å². The third kappa shape index (κ3) is 4.21.